The average Bonchev–Trinajstić information content (AvgIpc) is 2.52. The number of halogens is 1. The highest BCUT2D eigenvalue weighted by Crippen LogP contribution is 2.46. The van der Waals surface area contributed by atoms with E-state index in [1.165, 1.54) is 30.4 Å². The first kappa shape index (κ1) is 14.6. The lowest BCUT2D eigenvalue weighted by molar-refractivity contribution is -0.203. The number of hydrogen-bond acceptors (Lipinski definition) is 3. The van der Waals surface area contributed by atoms with Gasteiger partial charge in [0.2, 0.25) is 0 Å². The molecule has 0 atom stereocenters. The van der Waals surface area contributed by atoms with Gasteiger partial charge in [0.05, 0.1) is 5.54 Å². The summed E-state index contributed by atoms with van der Waals surface area (Å²) in [6.07, 6.45) is 8.87. The van der Waals surface area contributed by atoms with Crippen LogP contribution in [-0.2, 0) is 9.63 Å². The monoisotopic (exact) mass is 305 g/mol. The molecular formula is C17H20ClNO2. The van der Waals surface area contributed by atoms with Gasteiger partial charge >= 0.3 is 6.47 Å². The van der Waals surface area contributed by atoms with Crippen LogP contribution in [0.5, 0.6) is 0 Å². The van der Waals surface area contributed by atoms with Crippen LogP contribution < -0.4 is 0 Å². The number of carbonyl (C=O) groups excluding carboxylic acids is 1. The van der Waals surface area contributed by atoms with Gasteiger partial charge in [0.25, 0.3) is 0 Å². The molecule has 1 aromatic carbocycles. The molecule has 0 saturated heterocycles. The zero-order valence-electron chi connectivity index (χ0n) is 12.1. The highest BCUT2D eigenvalue weighted by atomic mass is 35.5. The number of hydroxylamine groups is 2. The normalized spacial score (nSPS) is 21.9. The van der Waals surface area contributed by atoms with Crippen LogP contribution in [0.15, 0.2) is 30.3 Å². The van der Waals surface area contributed by atoms with E-state index in [1.807, 2.05) is 17.2 Å². The molecule has 112 valence electrons. The lowest BCUT2D eigenvalue weighted by Gasteiger charge is -2.48. The molecule has 0 amide bonds. The summed E-state index contributed by atoms with van der Waals surface area (Å²) < 4.78 is 0. The van der Waals surface area contributed by atoms with Crippen LogP contribution in [0.25, 0.3) is 5.57 Å². The summed E-state index contributed by atoms with van der Waals surface area (Å²) in [4.78, 5) is 16.2. The van der Waals surface area contributed by atoms with Gasteiger partial charge in [-0.3, -0.25) is 4.79 Å². The molecule has 0 aromatic heterocycles. The summed E-state index contributed by atoms with van der Waals surface area (Å²) in [7, 11) is 0. The zero-order valence-corrected chi connectivity index (χ0v) is 12.8. The third-order valence-corrected chi connectivity index (χ3v) is 4.92. The van der Waals surface area contributed by atoms with Crippen LogP contribution in [0, 0.1) is 0 Å². The fourth-order valence-corrected chi connectivity index (χ4v) is 3.87. The molecule has 1 fully saturated rings. The molecule has 3 nitrogen and oxygen atoms in total. The minimum absolute atomic E-state index is 0.161. The molecule has 1 saturated carbocycles. The second-order valence-corrected chi connectivity index (χ2v) is 6.25. The summed E-state index contributed by atoms with van der Waals surface area (Å²) in [5, 5.41) is 2.65. The Labute approximate surface area is 130 Å². The lowest BCUT2D eigenvalue weighted by atomic mass is 9.72. The van der Waals surface area contributed by atoms with Crippen LogP contribution in [0.2, 0.25) is 5.02 Å². The summed E-state index contributed by atoms with van der Waals surface area (Å²) in [6.45, 7) is 1.33. The van der Waals surface area contributed by atoms with Gasteiger partial charge in [-0.1, -0.05) is 49.1 Å². The Kier molecular flexibility index (Phi) is 4.32. The van der Waals surface area contributed by atoms with Gasteiger partial charge in [0, 0.05) is 11.6 Å². The number of hydrogen-bond donors (Lipinski definition) is 0. The third kappa shape index (κ3) is 2.72. The maximum atomic E-state index is 10.9. The highest BCUT2D eigenvalue weighted by Gasteiger charge is 2.44. The van der Waals surface area contributed by atoms with Crippen molar-refractivity contribution in [3.05, 3.63) is 40.9 Å². The van der Waals surface area contributed by atoms with Gasteiger partial charge in [-0.15, -0.1) is 5.06 Å². The smallest absolute Gasteiger partial charge is 0.313 e. The van der Waals surface area contributed by atoms with Crippen molar-refractivity contribution in [1.29, 1.82) is 0 Å². The Balaban J connectivity index is 2.01. The molecule has 0 bridgehead atoms. The van der Waals surface area contributed by atoms with Crippen molar-refractivity contribution in [3.8, 4) is 0 Å². The van der Waals surface area contributed by atoms with E-state index in [9.17, 15) is 4.79 Å². The van der Waals surface area contributed by atoms with Gasteiger partial charge in [-0.2, -0.15) is 0 Å². The van der Waals surface area contributed by atoms with E-state index in [2.05, 4.69) is 18.2 Å². The van der Waals surface area contributed by atoms with Gasteiger partial charge in [0.1, 0.15) is 0 Å². The summed E-state index contributed by atoms with van der Waals surface area (Å²) in [5.41, 5.74) is 2.30. The molecule has 1 spiro atoms. The summed E-state index contributed by atoms with van der Waals surface area (Å²) >= 11 is 6.01. The summed E-state index contributed by atoms with van der Waals surface area (Å²) in [5.74, 6) is 0. The average molecular weight is 306 g/mol. The van der Waals surface area contributed by atoms with E-state index in [0.717, 1.165) is 30.8 Å². The van der Waals surface area contributed by atoms with Crippen molar-refractivity contribution < 1.29 is 9.63 Å². The van der Waals surface area contributed by atoms with E-state index in [0.29, 0.717) is 6.47 Å². The third-order valence-electron chi connectivity index (χ3n) is 4.67. The fourth-order valence-electron chi connectivity index (χ4n) is 3.74. The molecule has 0 N–H and O–H groups in total. The van der Waals surface area contributed by atoms with Crippen molar-refractivity contribution in [1.82, 2.24) is 5.06 Å². The van der Waals surface area contributed by atoms with Gasteiger partial charge in [-0.05, 0) is 42.5 Å². The fraction of sp³-hybridized carbons (Fsp3) is 0.471. The van der Waals surface area contributed by atoms with Crippen LogP contribution in [-0.4, -0.2) is 23.6 Å². The first-order chi connectivity index (χ1) is 10.3. The van der Waals surface area contributed by atoms with Gasteiger partial charge in [0.15, 0.2) is 0 Å². The van der Waals surface area contributed by atoms with Crippen molar-refractivity contribution in [2.24, 2.45) is 0 Å². The van der Waals surface area contributed by atoms with E-state index in [-0.39, 0.29) is 5.54 Å². The number of benzene rings is 1. The molecule has 0 radical (unpaired) electrons. The van der Waals surface area contributed by atoms with E-state index in [1.54, 1.807) is 0 Å². The molecule has 4 heteroatoms. The maximum Gasteiger partial charge on any atom is 0.313 e. The first-order valence-corrected chi connectivity index (χ1v) is 7.99. The van der Waals surface area contributed by atoms with E-state index >= 15 is 0 Å². The summed E-state index contributed by atoms with van der Waals surface area (Å²) in [6, 6.07) is 7.98. The molecule has 2 aliphatic rings. The molecule has 1 aliphatic carbocycles. The van der Waals surface area contributed by atoms with Gasteiger partial charge in [-0.25, -0.2) is 0 Å². The molecular weight excluding hydrogens is 286 g/mol. The van der Waals surface area contributed by atoms with Crippen molar-refractivity contribution >= 4 is 23.6 Å². The molecule has 3 rings (SSSR count). The second-order valence-electron chi connectivity index (χ2n) is 5.81. The topological polar surface area (TPSA) is 29.5 Å². The Morgan fingerprint density at radius 3 is 2.52 bits per heavy atom. The Bertz CT molecular complexity index is 532. The SMILES string of the molecule is O=CON1CCC=C(c2ccc(Cl)cc2)C12CCCCC2. The molecule has 1 heterocycles. The Hall–Kier alpha value is -1.32. The largest absolute Gasteiger partial charge is 0.370 e. The second kappa shape index (κ2) is 6.20. The molecule has 1 aromatic rings. The van der Waals surface area contributed by atoms with Gasteiger partial charge < -0.3 is 4.84 Å². The van der Waals surface area contributed by atoms with E-state index < -0.39 is 0 Å². The van der Waals surface area contributed by atoms with E-state index in [4.69, 9.17) is 16.4 Å². The number of nitrogens with zero attached hydrogens (tertiary/aromatic N) is 1. The number of carbonyl (C=O) groups is 1. The first-order valence-electron chi connectivity index (χ1n) is 7.61. The predicted octanol–water partition coefficient (Wildman–Crippen LogP) is 4.22. The number of rotatable bonds is 3. The standard InChI is InChI=1S/C17H20ClNO2/c18-15-8-6-14(7-9-15)16-5-4-12-19(21-13-20)17(16)10-2-1-3-11-17/h5-9,13H,1-4,10-12H2. The molecule has 1 aliphatic heterocycles. The molecule has 0 unspecified atom stereocenters. The Morgan fingerprint density at radius 1 is 1.14 bits per heavy atom. The lowest BCUT2D eigenvalue weighted by Crippen LogP contribution is -2.52. The Morgan fingerprint density at radius 2 is 1.86 bits per heavy atom. The quantitative estimate of drug-likeness (QED) is 0.783. The van der Waals surface area contributed by atoms with Crippen molar-refractivity contribution in [2.75, 3.05) is 6.54 Å². The highest BCUT2D eigenvalue weighted by molar-refractivity contribution is 6.30. The predicted molar refractivity (Wildman–Crippen MR) is 83.7 cm³/mol. The minimum atomic E-state index is -0.161. The van der Waals surface area contributed by atoms with Crippen molar-refractivity contribution in [2.45, 2.75) is 44.1 Å². The maximum absolute atomic E-state index is 10.9. The zero-order chi connectivity index (χ0) is 14.7. The van der Waals surface area contributed by atoms with Crippen LogP contribution >= 0.6 is 11.6 Å². The van der Waals surface area contributed by atoms with Crippen LogP contribution in [0.4, 0.5) is 0 Å². The molecule has 21 heavy (non-hydrogen) atoms. The van der Waals surface area contributed by atoms with Crippen LogP contribution in [0.3, 0.4) is 0 Å². The van der Waals surface area contributed by atoms with Crippen molar-refractivity contribution in [3.63, 3.8) is 0 Å². The van der Waals surface area contributed by atoms with Crippen LogP contribution in [0.1, 0.15) is 44.1 Å². The minimum Gasteiger partial charge on any atom is -0.370 e.